The van der Waals surface area contributed by atoms with Crippen LogP contribution >= 0.6 is 0 Å². The predicted molar refractivity (Wildman–Crippen MR) is 55.8 cm³/mol. The van der Waals surface area contributed by atoms with Crippen molar-refractivity contribution in [1.29, 1.82) is 0 Å². The molecule has 0 saturated carbocycles. The number of amides is 2. The van der Waals surface area contributed by atoms with E-state index in [0.29, 0.717) is 0 Å². The Labute approximate surface area is 94.4 Å². The number of carbonyl (C=O) groups is 2. The zero-order valence-corrected chi connectivity index (χ0v) is 9.90. The fourth-order valence-corrected chi connectivity index (χ4v) is 0.922. The molecule has 0 heterocycles. The summed E-state index contributed by atoms with van der Waals surface area (Å²) in [5.41, 5.74) is 0. The van der Waals surface area contributed by atoms with E-state index in [-0.39, 0.29) is 6.54 Å². The van der Waals surface area contributed by atoms with Gasteiger partial charge in [0.05, 0.1) is 13.7 Å². The molecule has 16 heavy (non-hydrogen) atoms. The van der Waals surface area contributed by atoms with E-state index < -0.39 is 24.3 Å². The van der Waals surface area contributed by atoms with Crippen LogP contribution < -0.4 is 10.6 Å². The van der Waals surface area contributed by atoms with E-state index in [1.807, 2.05) is 0 Å². The molecule has 0 aliphatic rings. The van der Waals surface area contributed by atoms with Crippen LogP contribution in [0.4, 0.5) is 4.79 Å². The van der Waals surface area contributed by atoms with Gasteiger partial charge in [-0.05, 0) is 6.92 Å². The number of ether oxygens (including phenoxy) is 3. The van der Waals surface area contributed by atoms with Gasteiger partial charge in [0.2, 0.25) is 0 Å². The normalized spacial score (nSPS) is 12.1. The van der Waals surface area contributed by atoms with Crippen molar-refractivity contribution < 1.29 is 23.8 Å². The maximum atomic E-state index is 11.3. The molecule has 1 atom stereocenters. The molecule has 0 spiro atoms. The van der Waals surface area contributed by atoms with Gasteiger partial charge in [0.1, 0.15) is 6.04 Å². The standard InChI is InChI=1S/C9H18N2O5/c1-6(8(12)16-4)11-9(13)10-5-7(14-2)15-3/h6-7H,5H2,1-4H3,(H2,10,11,13). The van der Waals surface area contributed by atoms with Gasteiger partial charge < -0.3 is 24.8 Å². The first-order valence-electron chi connectivity index (χ1n) is 4.73. The Kier molecular flexibility index (Phi) is 7.23. The molecule has 0 saturated heterocycles. The Bertz CT molecular complexity index is 230. The largest absolute Gasteiger partial charge is 0.467 e. The SMILES string of the molecule is COC(=O)C(C)NC(=O)NCC(OC)OC. The van der Waals surface area contributed by atoms with Crippen molar-refractivity contribution in [3.05, 3.63) is 0 Å². The van der Waals surface area contributed by atoms with Crippen LogP contribution in [0.2, 0.25) is 0 Å². The molecular weight excluding hydrogens is 216 g/mol. The lowest BCUT2D eigenvalue weighted by molar-refractivity contribution is -0.142. The topological polar surface area (TPSA) is 85.9 Å². The van der Waals surface area contributed by atoms with Gasteiger partial charge in [0.15, 0.2) is 6.29 Å². The highest BCUT2D eigenvalue weighted by Crippen LogP contribution is 1.89. The highest BCUT2D eigenvalue weighted by Gasteiger charge is 2.16. The molecule has 0 fully saturated rings. The maximum Gasteiger partial charge on any atom is 0.328 e. The zero-order chi connectivity index (χ0) is 12.6. The Morgan fingerprint density at radius 2 is 1.75 bits per heavy atom. The number of nitrogens with one attached hydrogen (secondary N) is 2. The summed E-state index contributed by atoms with van der Waals surface area (Å²) in [6, 6.07) is -1.19. The van der Waals surface area contributed by atoms with Crippen LogP contribution in [0, 0.1) is 0 Å². The van der Waals surface area contributed by atoms with Gasteiger partial charge in [0.25, 0.3) is 0 Å². The number of rotatable bonds is 6. The number of methoxy groups -OCH3 is 3. The van der Waals surface area contributed by atoms with Crippen molar-refractivity contribution in [3.63, 3.8) is 0 Å². The molecule has 0 bridgehead atoms. The van der Waals surface area contributed by atoms with Crippen LogP contribution in [0.3, 0.4) is 0 Å². The first-order chi connectivity index (χ1) is 7.54. The van der Waals surface area contributed by atoms with Gasteiger partial charge in [-0.25, -0.2) is 9.59 Å². The second-order valence-corrected chi connectivity index (χ2v) is 3.00. The summed E-state index contributed by atoms with van der Waals surface area (Å²) in [5.74, 6) is -0.509. The third-order valence-corrected chi connectivity index (χ3v) is 1.86. The summed E-state index contributed by atoms with van der Waals surface area (Å²) < 4.78 is 14.2. The first kappa shape index (κ1) is 14.7. The maximum absolute atomic E-state index is 11.3. The Hall–Kier alpha value is -1.34. The molecule has 2 N–H and O–H groups in total. The Balaban J connectivity index is 3.86. The third kappa shape index (κ3) is 5.52. The molecule has 0 aromatic rings. The third-order valence-electron chi connectivity index (χ3n) is 1.86. The van der Waals surface area contributed by atoms with Gasteiger partial charge >= 0.3 is 12.0 Å². The second kappa shape index (κ2) is 7.89. The zero-order valence-electron chi connectivity index (χ0n) is 9.90. The molecule has 7 nitrogen and oxygen atoms in total. The van der Waals surface area contributed by atoms with E-state index in [4.69, 9.17) is 9.47 Å². The lowest BCUT2D eigenvalue weighted by Crippen LogP contribution is -2.47. The summed E-state index contributed by atoms with van der Waals surface area (Å²) in [7, 11) is 4.18. The van der Waals surface area contributed by atoms with Crippen molar-refractivity contribution in [3.8, 4) is 0 Å². The summed E-state index contributed by atoms with van der Waals surface area (Å²) in [5, 5.41) is 4.89. The second-order valence-electron chi connectivity index (χ2n) is 3.00. The number of esters is 1. The monoisotopic (exact) mass is 234 g/mol. The molecule has 2 amide bonds. The minimum atomic E-state index is -0.700. The number of urea groups is 1. The highest BCUT2D eigenvalue weighted by molar-refractivity contribution is 5.83. The number of hydrogen-bond acceptors (Lipinski definition) is 5. The van der Waals surface area contributed by atoms with Crippen LogP contribution in [0.5, 0.6) is 0 Å². The molecule has 7 heteroatoms. The average molecular weight is 234 g/mol. The van der Waals surface area contributed by atoms with Crippen molar-refractivity contribution >= 4 is 12.0 Å². The fraction of sp³-hybridized carbons (Fsp3) is 0.778. The molecule has 0 aliphatic carbocycles. The van der Waals surface area contributed by atoms with E-state index in [2.05, 4.69) is 15.4 Å². The van der Waals surface area contributed by atoms with Crippen LogP contribution in [-0.4, -0.2) is 52.2 Å². The summed E-state index contributed by atoms with van der Waals surface area (Å²) in [6.45, 7) is 1.71. The van der Waals surface area contributed by atoms with Crippen molar-refractivity contribution in [2.24, 2.45) is 0 Å². The van der Waals surface area contributed by atoms with Crippen molar-refractivity contribution in [1.82, 2.24) is 10.6 Å². The van der Waals surface area contributed by atoms with Crippen molar-refractivity contribution in [2.45, 2.75) is 19.3 Å². The average Bonchev–Trinajstić information content (AvgIpc) is 2.29. The fourth-order valence-electron chi connectivity index (χ4n) is 0.922. The van der Waals surface area contributed by atoms with Gasteiger partial charge in [-0.3, -0.25) is 0 Å². The van der Waals surface area contributed by atoms with E-state index in [1.165, 1.54) is 28.3 Å². The Morgan fingerprint density at radius 3 is 2.19 bits per heavy atom. The summed E-state index contributed by atoms with van der Waals surface area (Å²) >= 11 is 0. The van der Waals surface area contributed by atoms with Gasteiger partial charge in [-0.1, -0.05) is 0 Å². The number of hydrogen-bond donors (Lipinski definition) is 2. The lowest BCUT2D eigenvalue weighted by Gasteiger charge is -2.16. The van der Waals surface area contributed by atoms with Crippen LogP contribution in [0.25, 0.3) is 0 Å². The van der Waals surface area contributed by atoms with Crippen LogP contribution in [-0.2, 0) is 19.0 Å². The minimum absolute atomic E-state index is 0.187. The predicted octanol–water partition coefficient (Wildman–Crippen LogP) is -0.534. The molecule has 0 aliphatic heterocycles. The molecule has 0 rings (SSSR count). The van der Waals surface area contributed by atoms with E-state index in [0.717, 1.165) is 0 Å². The van der Waals surface area contributed by atoms with Gasteiger partial charge in [-0.15, -0.1) is 0 Å². The minimum Gasteiger partial charge on any atom is -0.467 e. The molecule has 94 valence electrons. The van der Waals surface area contributed by atoms with E-state index in [1.54, 1.807) is 0 Å². The molecule has 0 radical (unpaired) electrons. The quantitative estimate of drug-likeness (QED) is 0.476. The molecule has 0 aromatic heterocycles. The first-order valence-corrected chi connectivity index (χ1v) is 4.73. The molecule has 0 aromatic carbocycles. The summed E-state index contributed by atoms with van der Waals surface area (Å²) in [4.78, 5) is 22.3. The Morgan fingerprint density at radius 1 is 1.19 bits per heavy atom. The number of carbonyl (C=O) groups excluding carboxylic acids is 2. The van der Waals surface area contributed by atoms with Gasteiger partial charge in [0, 0.05) is 14.2 Å². The lowest BCUT2D eigenvalue weighted by atomic mass is 10.3. The highest BCUT2D eigenvalue weighted by atomic mass is 16.7. The van der Waals surface area contributed by atoms with E-state index in [9.17, 15) is 9.59 Å². The summed E-state index contributed by atoms with van der Waals surface area (Å²) in [6.07, 6.45) is -0.515. The molecule has 1 unspecified atom stereocenters. The molecular formula is C9H18N2O5. The van der Waals surface area contributed by atoms with E-state index >= 15 is 0 Å². The van der Waals surface area contributed by atoms with Crippen LogP contribution in [0.1, 0.15) is 6.92 Å². The van der Waals surface area contributed by atoms with Crippen molar-refractivity contribution in [2.75, 3.05) is 27.9 Å². The van der Waals surface area contributed by atoms with Crippen LogP contribution in [0.15, 0.2) is 0 Å². The van der Waals surface area contributed by atoms with Gasteiger partial charge in [-0.2, -0.15) is 0 Å². The smallest absolute Gasteiger partial charge is 0.328 e.